The van der Waals surface area contributed by atoms with Gasteiger partial charge in [-0.2, -0.15) is 0 Å². The highest BCUT2D eigenvalue weighted by Crippen LogP contribution is 2.38. The van der Waals surface area contributed by atoms with Crippen LogP contribution >= 0.6 is 11.6 Å². The molecule has 1 aliphatic heterocycles. The lowest BCUT2D eigenvalue weighted by molar-refractivity contribution is -0.143. The quantitative estimate of drug-likeness (QED) is 0.858. The van der Waals surface area contributed by atoms with Crippen LogP contribution in [0.3, 0.4) is 0 Å². The molecule has 1 saturated heterocycles. The van der Waals surface area contributed by atoms with Crippen molar-refractivity contribution in [3.63, 3.8) is 0 Å². The fourth-order valence-corrected chi connectivity index (χ4v) is 3.84. The van der Waals surface area contributed by atoms with Crippen LogP contribution in [0, 0.1) is 12.8 Å². The number of ether oxygens (including phenoxy) is 1. The number of hydrogen-bond donors (Lipinski definition) is 1. The number of aliphatic carboxylic acids is 1. The summed E-state index contributed by atoms with van der Waals surface area (Å²) in [4.78, 5) is 18.4. The third kappa shape index (κ3) is 3.84. The molecule has 1 fully saturated rings. The molecule has 0 radical (unpaired) electrons. The Labute approximate surface area is 158 Å². The first-order chi connectivity index (χ1) is 12.5. The molecule has 2 atom stereocenters. The molecule has 0 spiro atoms. The Balaban J connectivity index is 2.10. The normalized spacial score (nSPS) is 19.1. The molecule has 26 heavy (non-hydrogen) atoms. The van der Waals surface area contributed by atoms with Crippen molar-refractivity contribution in [2.24, 2.45) is 5.92 Å². The molecule has 1 N–H and O–H groups in total. The van der Waals surface area contributed by atoms with Crippen LogP contribution in [0.2, 0.25) is 5.02 Å². The Hall–Kier alpha value is -2.11. The van der Waals surface area contributed by atoms with E-state index in [9.17, 15) is 9.90 Å². The molecule has 6 heteroatoms. The first-order valence-corrected chi connectivity index (χ1v) is 9.11. The molecule has 138 valence electrons. The van der Waals surface area contributed by atoms with E-state index in [1.54, 1.807) is 19.4 Å². The summed E-state index contributed by atoms with van der Waals surface area (Å²) in [5.41, 5.74) is 2.86. The van der Waals surface area contributed by atoms with Crippen molar-refractivity contribution in [1.29, 1.82) is 0 Å². The first kappa shape index (κ1) is 18.7. The number of methoxy groups -OCH3 is 1. The van der Waals surface area contributed by atoms with Gasteiger partial charge in [0.2, 0.25) is 0 Å². The largest absolute Gasteiger partial charge is 0.496 e. The summed E-state index contributed by atoms with van der Waals surface area (Å²) in [5.74, 6) is -0.397. The van der Waals surface area contributed by atoms with Crippen LogP contribution in [-0.2, 0) is 4.79 Å². The lowest BCUT2D eigenvalue weighted by Crippen LogP contribution is -2.41. The maximum atomic E-state index is 11.6. The van der Waals surface area contributed by atoms with E-state index in [4.69, 9.17) is 16.3 Å². The van der Waals surface area contributed by atoms with Crippen molar-refractivity contribution in [2.45, 2.75) is 25.8 Å². The summed E-state index contributed by atoms with van der Waals surface area (Å²) in [5, 5.41) is 10.1. The van der Waals surface area contributed by atoms with Gasteiger partial charge in [0.15, 0.2) is 0 Å². The number of benzene rings is 1. The minimum absolute atomic E-state index is 0.202. The Morgan fingerprint density at radius 2 is 2.23 bits per heavy atom. The molecule has 1 aromatic heterocycles. The van der Waals surface area contributed by atoms with E-state index in [-0.39, 0.29) is 12.0 Å². The standard InChI is InChI=1S/C20H23ClN2O3/c1-13-5-3-9-22-18(13)19(16-11-15(21)7-8-17(16)26-2)23-10-4-6-14(12-23)20(24)25/h3,5,7-9,11,14,19H,4,6,10,12H2,1-2H3,(H,24,25). The average Bonchev–Trinajstić information content (AvgIpc) is 2.64. The topological polar surface area (TPSA) is 62.7 Å². The zero-order chi connectivity index (χ0) is 18.7. The third-order valence-corrected chi connectivity index (χ3v) is 5.20. The number of rotatable bonds is 5. The minimum atomic E-state index is -0.746. The Morgan fingerprint density at radius 3 is 2.92 bits per heavy atom. The molecule has 0 amide bonds. The maximum Gasteiger partial charge on any atom is 0.307 e. The molecule has 1 aromatic carbocycles. The number of pyridine rings is 1. The fourth-order valence-electron chi connectivity index (χ4n) is 3.66. The van der Waals surface area contributed by atoms with Gasteiger partial charge in [-0.25, -0.2) is 0 Å². The maximum absolute atomic E-state index is 11.6. The SMILES string of the molecule is COc1ccc(Cl)cc1C(c1ncccc1C)N1CCCC(C(=O)O)C1. The van der Waals surface area contributed by atoms with Gasteiger partial charge in [0.1, 0.15) is 5.75 Å². The van der Waals surface area contributed by atoms with E-state index in [1.807, 2.05) is 31.2 Å². The van der Waals surface area contributed by atoms with Crippen LogP contribution in [0.4, 0.5) is 0 Å². The van der Waals surface area contributed by atoms with Gasteiger partial charge in [-0.15, -0.1) is 0 Å². The molecule has 0 saturated carbocycles. The number of piperidine rings is 1. The summed E-state index contributed by atoms with van der Waals surface area (Å²) in [6, 6.07) is 9.26. The number of nitrogens with zero attached hydrogens (tertiary/aromatic N) is 2. The van der Waals surface area contributed by atoms with Gasteiger partial charge in [0.05, 0.1) is 24.8 Å². The molecule has 5 nitrogen and oxygen atoms in total. The van der Waals surface area contributed by atoms with Gasteiger partial charge in [0, 0.05) is 23.3 Å². The molecule has 2 unspecified atom stereocenters. The molecular formula is C20H23ClN2O3. The molecule has 2 heterocycles. The predicted octanol–water partition coefficient (Wildman–Crippen LogP) is 3.94. The molecule has 3 rings (SSSR count). The number of carbonyl (C=O) groups is 1. The van der Waals surface area contributed by atoms with Crippen LogP contribution in [0.5, 0.6) is 5.75 Å². The van der Waals surface area contributed by atoms with E-state index >= 15 is 0 Å². The van der Waals surface area contributed by atoms with E-state index in [0.717, 1.165) is 35.5 Å². The summed E-state index contributed by atoms with van der Waals surface area (Å²) in [6.45, 7) is 3.30. The van der Waals surface area contributed by atoms with Crippen LogP contribution < -0.4 is 4.74 Å². The van der Waals surface area contributed by atoms with Crippen molar-refractivity contribution in [1.82, 2.24) is 9.88 Å². The van der Waals surface area contributed by atoms with Crippen molar-refractivity contribution in [2.75, 3.05) is 20.2 Å². The second-order valence-electron chi connectivity index (χ2n) is 6.67. The molecule has 0 bridgehead atoms. The smallest absolute Gasteiger partial charge is 0.307 e. The predicted molar refractivity (Wildman–Crippen MR) is 101 cm³/mol. The van der Waals surface area contributed by atoms with Gasteiger partial charge < -0.3 is 9.84 Å². The Kier molecular flexibility index (Phi) is 5.79. The lowest BCUT2D eigenvalue weighted by atomic mass is 9.91. The zero-order valence-corrected chi connectivity index (χ0v) is 15.7. The molecular weight excluding hydrogens is 352 g/mol. The highest BCUT2D eigenvalue weighted by atomic mass is 35.5. The number of carboxylic acid groups (broad SMARTS) is 1. The van der Waals surface area contributed by atoms with Crippen molar-refractivity contribution < 1.29 is 14.6 Å². The number of aromatic nitrogens is 1. The Morgan fingerprint density at radius 1 is 1.42 bits per heavy atom. The second-order valence-corrected chi connectivity index (χ2v) is 7.10. The van der Waals surface area contributed by atoms with Crippen molar-refractivity contribution >= 4 is 17.6 Å². The van der Waals surface area contributed by atoms with Gasteiger partial charge in [-0.05, 0) is 56.1 Å². The number of aryl methyl sites for hydroxylation is 1. The summed E-state index contributed by atoms with van der Waals surface area (Å²) in [7, 11) is 1.63. The van der Waals surface area contributed by atoms with E-state index < -0.39 is 5.97 Å². The Bertz CT molecular complexity index is 796. The highest BCUT2D eigenvalue weighted by Gasteiger charge is 2.34. The first-order valence-electron chi connectivity index (χ1n) is 8.73. The van der Waals surface area contributed by atoms with Crippen LogP contribution in [-0.4, -0.2) is 41.2 Å². The molecule has 1 aliphatic rings. The average molecular weight is 375 g/mol. The van der Waals surface area contributed by atoms with Crippen LogP contribution in [0.1, 0.15) is 35.7 Å². The number of hydrogen-bond acceptors (Lipinski definition) is 4. The zero-order valence-electron chi connectivity index (χ0n) is 15.0. The monoisotopic (exact) mass is 374 g/mol. The van der Waals surface area contributed by atoms with Crippen LogP contribution in [0.25, 0.3) is 0 Å². The highest BCUT2D eigenvalue weighted by molar-refractivity contribution is 6.30. The number of likely N-dealkylation sites (tertiary alicyclic amines) is 1. The summed E-state index contributed by atoms with van der Waals surface area (Å²) in [6.07, 6.45) is 3.31. The fraction of sp³-hybridized carbons (Fsp3) is 0.400. The lowest BCUT2D eigenvalue weighted by Gasteiger charge is -2.38. The second kappa shape index (κ2) is 8.06. The number of carboxylic acids is 1. The van der Waals surface area contributed by atoms with Gasteiger partial charge >= 0.3 is 5.97 Å². The third-order valence-electron chi connectivity index (χ3n) is 4.96. The van der Waals surface area contributed by atoms with E-state index in [1.165, 1.54) is 0 Å². The number of halogens is 1. The summed E-state index contributed by atoms with van der Waals surface area (Å²) >= 11 is 6.27. The van der Waals surface area contributed by atoms with Gasteiger partial charge in [0.25, 0.3) is 0 Å². The van der Waals surface area contributed by atoms with Crippen molar-refractivity contribution in [3.8, 4) is 5.75 Å². The van der Waals surface area contributed by atoms with E-state index in [2.05, 4.69) is 9.88 Å². The van der Waals surface area contributed by atoms with E-state index in [0.29, 0.717) is 18.0 Å². The minimum Gasteiger partial charge on any atom is -0.496 e. The van der Waals surface area contributed by atoms with Gasteiger partial charge in [-0.1, -0.05) is 17.7 Å². The van der Waals surface area contributed by atoms with Crippen LogP contribution in [0.15, 0.2) is 36.5 Å². The van der Waals surface area contributed by atoms with Crippen molar-refractivity contribution in [3.05, 3.63) is 58.4 Å². The summed E-state index contributed by atoms with van der Waals surface area (Å²) < 4.78 is 5.58. The van der Waals surface area contributed by atoms with Gasteiger partial charge in [-0.3, -0.25) is 14.7 Å². The molecule has 2 aromatic rings. The molecule has 0 aliphatic carbocycles.